The standard InChI is InChI=1S/C13H23N3O5/c1-4-14-13(20)15-11(17)8(3)16(5-2)10-7-21-6-9(10)12(18)19/h8-10H,4-7H2,1-3H3,(H,18,19)(H2,14,15,17,20). The number of rotatable bonds is 6. The van der Waals surface area contributed by atoms with Crippen LogP contribution in [0.3, 0.4) is 0 Å². The summed E-state index contributed by atoms with van der Waals surface area (Å²) in [5, 5.41) is 13.9. The third-order valence-corrected chi connectivity index (χ3v) is 3.61. The molecule has 1 aliphatic rings. The highest BCUT2D eigenvalue weighted by Crippen LogP contribution is 2.22. The Kier molecular flexibility index (Phi) is 6.57. The van der Waals surface area contributed by atoms with Crippen molar-refractivity contribution in [3.8, 4) is 0 Å². The molecule has 8 nitrogen and oxygen atoms in total. The molecular weight excluding hydrogens is 278 g/mol. The van der Waals surface area contributed by atoms with Crippen LogP contribution in [0.15, 0.2) is 0 Å². The zero-order valence-electron chi connectivity index (χ0n) is 12.6. The third-order valence-electron chi connectivity index (χ3n) is 3.61. The Morgan fingerprint density at radius 2 is 2.00 bits per heavy atom. The van der Waals surface area contributed by atoms with Gasteiger partial charge < -0.3 is 15.2 Å². The van der Waals surface area contributed by atoms with Crippen LogP contribution in [-0.4, -0.2) is 66.3 Å². The van der Waals surface area contributed by atoms with Crippen LogP contribution >= 0.6 is 0 Å². The number of amides is 3. The van der Waals surface area contributed by atoms with Gasteiger partial charge in [0, 0.05) is 12.6 Å². The molecule has 1 rings (SSSR count). The van der Waals surface area contributed by atoms with Gasteiger partial charge in [0.2, 0.25) is 5.91 Å². The Balaban J connectivity index is 2.72. The molecule has 3 N–H and O–H groups in total. The van der Waals surface area contributed by atoms with Crippen molar-refractivity contribution >= 4 is 17.9 Å². The predicted molar refractivity (Wildman–Crippen MR) is 74.8 cm³/mol. The van der Waals surface area contributed by atoms with E-state index in [0.29, 0.717) is 13.1 Å². The minimum atomic E-state index is -0.938. The van der Waals surface area contributed by atoms with Gasteiger partial charge >= 0.3 is 12.0 Å². The Bertz CT molecular complexity index is 401. The number of hydrogen-bond acceptors (Lipinski definition) is 5. The number of nitrogens with zero attached hydrogens (tertiary/aromatic N) is 1. The van der Waals surface area contributed by atoms with E-state index < -0.39 is 29.9 Å². The van der Waals surface area contributed by atoms with Crippen molar-refractivity contribution in [2.75, 3.05) is 26.3 Å². The van der Waals surface area contributed by atoms with Crippen LogP contribution < -0.4 is 10.6 Å². The molecule has 0 aliphatic carbocycles. The SMILES string of the molecule is CCNC(=O)NC(=O)C(C)N(CC)C1COCC1C(=O)O. The number of carboxylic acid groups (broad SMARTS) is 1. The monoisotopic (exact) mass is 301 g/mol. The lowest BCUT2D eigenvalue weighted by molar-refractivity contribution is -0.144. The number of nitrogens with one attached hydrogen (secondary N) is 2. The first-order valence-corrected chi connectivity index (χ1v) is 7.07. The lowest BCUT2D eigenvalue weighted by Crippen LogP contribution is -2.55. The predicted octanol–water partition coefficient (Wildman–Crippen LogP) is -0.358. The molecule has 1 aliphatic heterocycles. The fourth-order valence-corrected chi connectivity index (χ4v) is 2.47. The summed E-state index contributed by atoms with van der Waals surface area (Å²) in [7, 11) is 0. The second kappa shape index (κ2) is 7.94. The molecule has 0 spiro atoms. The van der Waals surface area contributed by atoms with E-state index in [1.165, 1.54) is 0 Å². The number of aliphatic carboxylic acids is 1. The molecule has 0 bridgehead atoms. The van der Waals surface area contributed by atoms with Gasteiger partial charge in [-0.2, -0.15) is 0 Å². The molecule has 0 saturated carbocycles. The van der Waals surface area contributed by atoms with Gasteiger partial charge in [0.15, 0.2) is 0 Å². The number of urea groups is 1. The van der Waals surface area contributed by atoms with Crippen LogP contribution in [0.25, 0.3) is 0 Å². The Hall–Kier alpha value is -1.67. The summed E-state index contributed by atoms with van der Waals surface area (Å²) in [5.41, 5.74) is 0. The average Bonchev–Trinajstić information content (AvgIpc) is 2.89. The quantitative estimate of drug-likeness (QED) is 0.618. The number of carbonyl (C=O) groups is 3. The topological polar surface area (TPSA) is 108 Å². The summed E-state index contributed by atoms with van der Waals surface area (Å²) in [4.78, 5) is 36.4. The van der Waals surface area contributed by atoms with Crippen molar-refractivity contribution in [2.24, 2.45) is 5.92 Å². The fourth-order valence-electron chi connectivity index (χ4n) is 2.47. The highest BCUT2D eigenvalue weighted by atomic mass is 16.5. The molecule has 1 fully saturated rings. The average molecular weight is 301 g/mol. The van der Waals surface area contributed by atoms with Crippen molar-refractivity contribution in [3.05, 3.63) is 0 Å². The highest BCUT2D eigenvalue weighted by molar-refractivity contribution is 5.96. The lowest BCUT2D eigenvalue weighted by atomic mass is 10.0. The largest absolute Gasteiger partial charge is 0.481 e. The molecule has 1 heterocycles. The van der Waals surface area contributed by atoms with E-state index in [1.54, 1.807) is 18.7 Å². The number of imide groups is 1. The summed E-state index contributed by atoms with van der Waals surface area (Å²) in [5.74, 6) is -2.06. The summed E-state index contributed by atoms with van der Waals surface area (Å²) in [6.07, 6.45) is 0. The van der Waals surface area contributed by atoms with Crippen molar-refractivity contribution in [1.82, 2.24) is 15.5 Å². The van der Waals surface area contributed by atoms with E-state index in [-0.39, 0.29) is 19.3 Å². The summed E-state index contributed by atoms with van der Waals surface area (Å²) >= 11 is 0. The molecule has 0 aromatic rings. The lowest BCUT2D eigenvalue weighted by Gasteiger charge is -2.33. The van der Waals surface area contributed by atoms with Gasteiger partial charge in [-0.25, -0.2) is 4.79 Å². The minimum absolute atomic E-state index is 0.140. The Labute approximate surface area is 123 Å². The molecule has 3 amide bonds. The molecule has 21 heavy (non-hydrogen) atoms. The van der Waals surface area contributed by atoms with Gasteiger partial charge in [0.25, 0.3) is 0 Å². The van der Waals surface area contributed by atoms with E-state index >= 15 is 0 Å². The van der Waals surface area contributed by atoms with E-state index in [4.69, 9.17) is 4.74 Å². The number of likely N-dealkylation sites (N-methyl/N-ethyl adjacent to an activating group) is 1. The molecule has 8 heteroatoms. The van der Waals surface area contributed by atoms with Crippen LogP contribution in [0, 0.1) is 5.92 Å². The molecule has 0 aromatic heterocycles. The second-order valence-corrected chi connectivity index (χ2v) is 4.90. The van der Waals surface area contributed by atoms with E-state index in [2.05, 4.69) is 10.6 Å². The molecule has 1 saturated heterocycles. The van der Waals surface area contributed by atoms with Gasteiger partial charge in [-0.3, -0.25) is 19.8 Å². The van der Waals surface area contributed by atoms with Gasteiger partial charge in [0.05, 0.1) is 25.2 Å². The smallest absolute Gasteiger partial charge is 0.321 e. The van der Waals surface area contributed by atoms with Gasteiger partial charge in [0.1, 0.15) is 0 Å². The second-order valence-electron chi connectivity index (χ2n) is 4.90. The maximum Gasteiger partial charge on any atom is 0.321 e. The fraction of sp³-hybridized carbons (Fsp3) is 0.769. The first-order valence-electron chi connectivity index (χ1n) is 7.07. The first-order chi connectivity index (χ1) is 9.92. The van der Waals surface area contributed by atoms with Crippen molar-refractivity contribution in [3.63, 3.8) is 0 Å². The zero-order valence-corrected chi connectivity index (χ0v) is 12.6. The summed E-state index contributed by atoms with van der Waals surface area (Å²) < 4.78 is 5.23. The molecule has 0 radical (unpaired) electrons. The number of ether oxygens (including phenoxy) is 1. The molecular formula is C13H23N3O5. The van der Waals surface area contributed by atoms with Crippen molar-refractivity contribution < 1.29 is 24.2 Å². The van der Waals surface area contributed by atoms with E-state index in [9.17, 15) is 19.5 Å². The molecule has 120 valence electrons. The first kappa shape index (κ1) is 17.4. The summed E-state index contributed by atoms with van der Waals surface area (Å²) in [6.45, 7) is 6.55. The van der Waals surface area contributed by atoms with Gasteiger partial charge in [-0.1, -0.05) is 6.92 Å². The van der Waals surface area contributed by atoms with E-state index in [0.717, 1.165) is 0 Å². The van der Waals surface area contributed by atoms with Crippen LogP contribution in [0.1, 0.15) is 20.8 Å². The number of carboxylic acids is 1. The Morgan fingerprint density at radius 3 is 2.52 bits per heavy atom. The Morgan fingerprint density at radius 1 is 1.33 bits per heavy atom. The van der Waals surface area contributed by atoms with Crippen LogP contribution in [0.4, 0.5) is 4.79 Å². The number of hydrogen-bond donors (Lipinski definition) is 3. The van der Waals surface area contributed by atoms with Crippen LogP contribution in [0.2, 0.25) is 0 Å². The maximum absolute atomic E-state index is 12.1. The molecule has 3 unspecified atom stereocenters. The van der Waals surface area contributed by atoms with Crippen molar-refractivity contribution in [1.29, 1.82) is 0 Å². The van der Waals surface area contributed by atoms with Crippen LogP contribution in [0.5, 0.6) is 0 Å². The van der Waals surface area contributed by atoms with Gasteiger partial charge in [-0.05, 0) is 20.4 Å². The summed E-state index contributed by atoms with van der Waals surface area (Å²) in [6, 6.07) is -1.54. The maximum atomic E-state index is 12.1. The number of carbonyl (C=O) groups excluding carboxylic acids is 2. The normalized spacial score (nSPS) is 22.9. The van der Waals surface area contributed by atoms with Crippen molar-refractivity contribution in [2.45, 2.75) is 32.9 Å². The van der Waals surface area contributed by atoms with Crippen LogP contribution in [-0.2, 0) is 14.3 Å². The molecule has 0 aromatic carbocycles. The highest BCUT2D eigenvalue weighted by Gasteiger charge is 2.40. The zero-order chi connectivity index (χ0) is 16.0. The minimum Gasteiger partial charge on any atom is -0.481 e. The molecule has 3 atom stereocenters. The van der Waals surface area contributed by atoms with Gasteiger partial charge in [-0.15, -0.1) is 0 Å². The van der Waals surface area contributed by atoms with E-state index in [1.807, 2.05) is 6.92 Å². The third kappa shape index (κ3) is 4.40.